The summed E-state index contributed by atoms with van der Waals surface area (Å²) in [7, 11) is 0. The molecule has 24 heavy (non-hydrogen) atoms. The molecule has 0 unspecified atom stereocenters. The molecule has 0 aliphatic heterocycles. The van der Waals surface area contributed by atoms with Crippen LogP contribution in [0.4, 0.5) is 10.5 Å². The van der Waals surface area contributed by atoms with E-state index in [4.69, 9.17) is 23.2 Å². The number of aromatic nitrogens is 2. The quantitative estimate of drug-likeness (QED) is 0.725. The summed E-state index contributed by atoms with van der Waals surface area (Å²) in [5.41, 5.74) is 1.94. The van der Waals surface area contributed by atoms with Gasteiger partial charge in [0.15, 0.2) is 0 Å². The zero-order valence-electron chi connectivity index (χ0n) is 12.1. The first-order chi connectivity index (χ1) is 11.5. The van der Waals surface area contributed by atoms with E-state index in [0.29, 0.717) is 32.3 Å². The van der Waals surface area contributed by atoms with E-state index in [0.717, 1.165) is 0 Å². The van der Waals surface area contributed by atoms with E-state index in [-0.39, 0.29) is 0 Å². The van der Waals surface area contributed by atoms with Gasteiger partial charge >= 0.3 is 6.03 Å². The van der Waals surface area contributed by atoms with Crippen molar-refractivity contribution in [1.29, 1.82) is 0 Å². The molecule has 0 bridgehead atoms. The highest BCUT2D eigenvalue weighted by atomic mass is 35.5. The number of urea groups is 1. The van der Waals surface area contributed by atoms with Crippen LogP contribution in [0.2, 0.25) is 10.0 Å². The number of hydrogen-bond acceptors (Lipinski definition) is 4. The van der Waals surface area contributed by atoms with Gasteiger partial charge in [0.1, 0.15) is 0 Å². The lowest BCUT2D eigenvalue weighted by molar-refractivity contribution is 0.0967. The molecule has 0 aliphatic carbocycles. The van der Waals surface area contributed by atoms with Crippen LogP contribution in [0, 0.1) is 0 Å². The lowest BCUT2D eigenvalue weighted by Crippen LogP contribution is -2.34. The number of nitrogens with zero attached hydrogens (tertiary/aromatic N) is 2. The third-order valence-electron chi connectivity index (χ3n) is 3.14. The molecule has 0 atom stereocenters. The summed E-state index contributed by atoms with van der Waals surface area (Å²) in [5, 5.41) is 5.41. The predicted octanol–water partition coefficient (Wildman–Crippen LogP) is 3.90. The maximum absolute atomic E-state index is 12.1. The van der Waals surface area contributed by atoms with Crippen molar-refractivity contribution in [3.8, 4) is 0 Å². The van der Waals surface area contributed by atoms with Crippen LogP contribution in [0.3, 0.4) is 0 Å². The van der Waals surface area contributed by atoms with Crippen LogP contribution < -0.4 is 10.6 Å². The molecule has 8 heteroatoms. The molecular formula is C16H10Cl2N4O2. The Bertz CT molecular complexity index is 946. The van der Waals surface area contributed by atoms with E-state index < -0.39 is 11.9 Å². The molecule has 3 amide bonds. The van der Waals surface area contributed by atoms with E-state index in [1.165, 1.54) is 12.3 Å². The SMILES string of the molecule is O=C(NC(=O)c1ccc2nccnc2c1)Nc1ccc(Cl)c(Cl)c1. The molecule has 120 valence electrons. The predicted molar refractivity (Wildman–Crippen MR) is 92.5 cm³/mol. The Morgan fingerprint density at radius 1 is 0.875 bits per heavy atom. The van der Waals surface area contributed by atoms with Crippen LogP contribution in [0.1, 0.15) is 10.4 Å². The monoisotopic (exact) mass is 360 g/mol. The Morgan fingerprint density at radius 2 is 1.62 bits per heavy atom. The number of halogens is 2. The minimum Gasteiger partial charge on any atom is -0.308 e. The zero-order chi connectivity index (χ0) is 17.1. The number of imide groups is 1. The number of rotatable bonds is 2. The van der Waals surface area contributed by atoms with E-state index in [9.17, 15) is 9.59 Å². The molecular weight excluding hydrogens is 351 g/mol. The standard InChI is InChI=1S/C16H10Cl2N4O2/c17-11-3-2-10(8-12(11)18)21-16(24)22-15(23)9-1-4-13-14(7-9)20-6-5-19-13/h1-8H,(H2,21,22,23,24). The van der Waals surface area contributed by atoms with Crippen LogP contribution in [-0.4, -0.2) is 21.9 Å². The van der Waals surface area contributed by atoms with Gasteiger partial charge in [0.2, 0.25) is 0 Å². The van der Waals surface area contributed by atoms with Gasteiger partial charge < -0.3 is 5.32 Å². The first-order valence-electron chi connectivity index (χ1n) is 6.81. The van der Waals surface area contributed by atoms with Crippen molar-refractivity contribution in [2.75, 3.05) is 5.32 Å². The van der Waals surface area contributed by atoms with Gasteiger partial charge in [0, 0.05) is 23.6 Å². The number of fused-ring (bicyclic) bond motifs is 1. The molecule has 0 fully saturated rings. The molecule has 0 aliphatic rings. The molecule has 3 aromatic rings. The summed E-state index contributed by atoms with van der Waals surface area (Å²) in [5.74, 6) is -0.555. The molecule has 2 aromatic carbocycles. The second-order valence-electron chi connectivity index (χ2n) is 4.80. The summed E-state index contributed by atoms with van der Waals surface area (Å²) < 4.78 is 0. The molecule has 3 rings (SSSR count). The number of amides is 3. The van der Waals surface area contributed by atoms with Gasteiger partial charge in [-0.2, -0.15) is 0 Å². The van der Waals surface area contributed by atoms with Gasteiger partial charge in [-0.05, 0) is 36.4 Å². The Labute approximate surface area is 146 Å². The van der Waals surface area contributed by atoms with Crippen LogP contribution in [0.5, 0.6) is 0 Å². The van der Waals surface area contributed by atoms with Crippen molar-refractivity contribution in [2.24, 2.45) is 0 Å². The second-order valence-corrected chi connectivity index (χ2v) is 5.61. The highest BCUT2D eigenvalue weighted by Gasteiger charge is 2.12. The summed E-state index contributed by atoms with van der Waals surface area (Å²) in [6.45, 7) is 0. The largest absolute Gasteiger partial charge is 0.326 e. The molecule has 0 radical (unpaired) electrons. The highest BCUT2D eigenvalue weighted by molar-refractivity contribution is 6.42. The number of carbonyl (C=O) groups excluding carboxylic acids is 2. The third-order valence-corrected chi connectivity index (χ3v) is 3.88. The number of benzene rings is 2. The molecule has 0 saturated heterocycles. The zero-order valence-corrected chi connectivity index (χ0v) is 13.6. The van der Waals surface area contributed by atoms with Crippen molar-refractivity contribution in [1.82, 2.24) is 15.3 Å². The van der Waals surface area contributed by atoms with Gasteiger partial charge in [-0.25, -0.2) is 4.79 Å². The van der Waals surface area contributed by atoms with Gasteiger partial charge in [-0.15, -0.1) is 0 Å². The number of anilines is 1. The van der Waals surface area contributed by atoms with Crippen molar-refractivity contribution < 1.29 is 9.59 Å². The maximum atomic E-state index is 12.1. The van der Waals surface area contributed by atoms with E-state index in [2.05, 4.69) is 20.6 Å². The van der Waals surface area contributed by atoms with Gasteiger partial charge in [0.25, 0.3) is 5.91 Å². The lowest BCUT2D eigenvalue weighted by atomic mass is 10.2. The van der Waals surface area contributed by atoms with E-state index in [1.807, 2.05) is 0 Å². The molecule has 2 N–H and O–H groups in total. The van der Waals surface area contributed by atoms with Crippen LogP contribution in [-0.2, 0) is 0 Å². The minimum absolute atomic E-state index is 0.298. The van der Waals surface area contributed by atoms with E-state index in [1.54, 1.807) is 36.5 Å². The molecule has 0 saturated carbocycles. The Kier molecular flexibility index (Phi) is 4.59. The Morgan fingerprint density at radius 3 is 2.38 bits per heavy atom. The van der Waals surface area contributed by atoms with E-state index >= 15 is 0 Å². The molecule has 0 spiro atoms. The summed E-state index contributed by atoms with van der Waals surface area (Å²) in [4.78, 5) is 32.3. The maximum Gasteiger partial charge on any atom is 0.326 e. The number of carbonyl (C=O) groups is 2. The first-order valence-corrected chi connectivity index (χ1v) is 7.57. The average molecular weight is 361 g/mol. The van der Waals surface area contributed by atoms with Gasteiger partial charge in [0.05, 0.1) is 21.1 Å². The second kappa shape index (κ2) is 6.82. The normalized spacial score (nSPS) is 10.4. The third kappa shape index (κ3) is 3.61. The molecule has 1 heterocycles. The van der Waals surface area contributed by atoms with Crippen LogP contribution in [0.15, 0.2) is 48.8 Å². The molecule has 6 nitrogen and oxygen atoms in total. The summed E-state index contributed by atoms with van der Waals surface area (Å²) in [6, 6.07) is 8.71. The summed E-state index contributed by atoms with van der Waals surface area (Å²) in [6.07, 6.45) is 3.09. The van der Waals surface area contributed by atoms with Crippen molar-refractivity contribution in [3.63, 3.8) is 0 Å². The first kappa shape index (κ1) is 16.2. The Hall–Kier alpha value is -2.70. The van der Waals surface area contributed by atoms with Crippen LogP contribution >= 0.6 is 23.2 Å². The van der Waals surface area contributed by atoms with Gasteiger partial charge in [-0.1, -0.05) is 23.2 Å². The fraction of sp³-hybridized carbons (Fsp3) is 0. The highest BCUT2D eigenvalue weighted by Crippen LogP contribution is 2.24. The van der Waals surface area contributed by atoms with Crippen LogP contribution in [0.25, 0.3) is 11.0 Å². The summed E-state index contributed by atoms with van der Waals surface area (Å²) >= 11 is 11.7. The Balaban J connectivity index is 1.70. The van der Waals surface area contributed by atoms with Crippen molar-refractivity contribution in [2.45, 2.75) is 0 Å². The van der Waals surface area contributed by atoms with Crippen molar-refractivity contribution >= 4 is 51.9 Å². The fourth-order valence-electron chi connectivity index (χ4n) is 2.02. The number of nitrogens with one attached hydrogen (secondary N) is 2. The smallest absolute Gasteiger partial charge is 0.308 e. The average Bonchev–Trinajstić information content (AvgIpc) is 2.57. The fourth-order valence-corrected chi connectivity index (χ4v) is 2.31. The topological polar surface area (TPSA) is 84.0 Å². The number of hydrogen-bond donors (Lipinski definition) is 2. The van der Waals surface area contributed by atoms with Crippen molar-refractivity contribution in [3.05, 3.63) is 64.4 Å². The lowest BCUT2D eigenvalue weighted by Gasteiger charge is -2.08. The van der Waals surface area contributed by atoms with Gasteiger partial charge in [-0.3, -0.25) is 20.1 Å². The minimum atomic E-state index is -0.683. The molecule has 1 aromatic heterocycles.